The van der Waals surface area contributed by atoms with Crippen LogP contribution < -0.4 is 5.32 Å². The lowest BCUT2D eigenvalue weighted by Crippen LogP contribution is -2.59. The summed E-state index contributed by atoms with van der Waals surface area (Å²) in [5, 5.41) is 12.0. The van der Waals surface area contributed by atoms with Gasteiger partial charge in [-0.15, -0.1) is 0 Å². The number of rotatable bonds is 10. The molecule has 0 saturated heterocycles. The zero-order valence-corrected chi connectivity index (χ0v) is 14.4. The summed E-state index contributed by atoms with van der Waals surface area (Å²) in [4.78, 5) is 26.0. The summed E-state index contributed by atoms with van der Waals surface area (Å²) in [6, 6.07) is -0.827. The van der Waals surface area contributed by atoms with Crippen LogP contribution in [0, 0.1) is 5.92 Å². The SMILES string of the molecule is CCCCN(CC)C(C)(C)C(=O)NC(C(=O)O)C(C)CC. The third-order valence-corrected chi connectivity index (χ3v) is 4.28. The monoisotopic (exact) mass is 300 g/mol. The van der Waals surface area contributed by atoms with E-state index in [1.807, 2.05) is 34.6 Å². The Morgan fingerprint density at radius 1 is 1.24 bits per heavy atom. The lowest BCUT2D eigenvalue weighted by molar-refractivity contribution is -0.145. The first-order valence-electron chi connectivity index (χ1n) is 8.01. The molecule has 1 amide bonds. The van der Waals surface area contributed by atoms with Gasteiger partial charge in [0.05, 0.1) is 5.54 Å². The quantitative estimate of drug-likeness (QED) is 0.650. The summed E-state index contributed by atoms with van der Waals surface area (Å²) in [6.07, 6.45) is 2.81. The van der Waals surface area contributed by atoms with Crippen molar-refractivity contribution in [1.82, 2.24) is 10.2 Å². The minimum Gasteiger partial charge on any atom is -0.480 e. The van der Waals surface area contributed by atoms with Gasteiger partial charge in [0.1, 0.15) is 6.04 Å². The van der Waals surface area contributed by atoms with Gasteiger partial charge in [-0.2, -0.15) is 0 Å². The van der Waals surface area contributed by atoms with Crippen LogP contribution in [0.2, 0.25) is 0 Å². The van der Waals surface area contributed by atoms with Gasteiger partial charge in [0, 0.05) is 0 Å². The van der Waals surface area contributed by atoms with Gasteiger partial charge in [-0.05, 0) is 39.3 Å². The van der Waals surface area contributed by atoms with E-state index < -0.39 is 17.6 Å². The molecule has 5 nitrogen and oxygen atoms in total. The van der Waals surface area contributed by atoms with E-state index in [4.69, 9.17) is 0 Å². The van der Waals surface area contributed by atoms with Crippen LogP contribution in [-0.4, -0.2) is 46.6 Å². The van der Waals surface area contributed by atoms with Crippen molar-refractivity contribution in [3.05, 3.63) is 0 Å². The van der Waals surface area contributed by atoms with E-state index in [-0.39, 0.29) is 11.8 Å². The van der Waals surface area contributed by atoms with Crippen LogP contribution in [0.4, 0.5) is 0 Å². The van der Waals surface area contributed by atoms with Crippen LogP contribution in [-0.2, 0) is 9.59 Å². The van der Waals surface area contributed by atoms with Crippen LogP contribution >= 0.6 is 0 Å². The average Bonchev–Trinajstić information content (AvgIpc) is 2.43. The second-order valence-corrected chi connectivity index (χ2v) is 6.17. The molecule has 0 radical (unpaired) electrons. The van der Waals surface area contributed by atoms with Crippen molar-refractivity contribution in [3.8, 4) is 0 Å². The van der Waals surface area contributed by atoms with E-state index >= 15 is 0 Å². The van der Waals surface area contributed by atoms with E-state index in [1.54, 1.807) is 0 Å². The molecular formula is C16H32N2O3. The third-order valence-electron chi connectivity index (χ3n) is 4.28. The minimum absolute atomic E-state index is 0.0898. The maximum Gasteiger partial charge on any atom is 0.326 e. The van der Waals surface area contributed by atoms with Gasteiger partial charge in [0.25, 0.3) is 0 Å². The van der Waals surface area contributed by atoms with E-state index in [1.165, 1.54) is 0 Å². The smallest absolute Gasteiger partial charge is 0.326 e. The number of hydrogen-bond acceptors (Lipinski definition) is 3. The number of nitrogens with one attached hydrogen (secondary N) is 1. The number of nitrogens with zero attached hydrogens (tertiary/aromatic N) is 1. The molecule has 5 heteroatoms. The molecule has 2 atom stereocenters. The molecule has 2 N–H and O–H groups in total. The number of carbonyl (C=O) groups excluding carboxylic acids is 1. The van der Waals surface area contributed by atoms with Crippen molar-refractivity contribution < 1.29 is 14.7 Å². The number of carboxylic acids is 1. The van der Waals surface area contributed by atoms with E-state index in [0.29, 0.717) is 6.42 Å². The highest BCUT2D eigenvalue weighted by Gasteiger charge is 2.36. The number of carboxylic acid groups (broad SMARTS) is 1. The standard InChI is InChI=1S/C16H32N2O3/c1-7-10-11-18(9-3)16(5,6)15(21)17-13(14(19)20)12(4)8-2/h12-13H,7-11H2,1-6H3,(H,17,21)(H,19,20). The number of amides is 1. The lowest BCUT2D eigenvalue weighted by Gasteiger charge is -2.37. The normalized spacial score (nSPS) is 14.8. The van der Waals surface area contributed by atoms with Gasteiger partial charge in [-0.3, -0.25) is 9.69 Å². The van der Waals surface area contributed by atoms with Gasteiger partial charge >= 0.3 is 5.97 Å². The number of carbonyl (C=O) groups is 2. The number of aliphatic carboxylic acids is 1. The summed E-state index contributed by atoms with van der Waals surface area (Å²) < 4.78 is 0. The molecule has 0 rings (SSSR count). The number of hydrogen-bond donors (Lipinski definition) is 2. The summed E-state index contributed by atoms with van der Waals surface area (Å²) in [5.74, 6) is -1.27. The van der Waals surface area contributed by atoms with Crippen molar-refractivity contribution in [3.63, 3.8) is 0 Å². The fourth-order valence-corrected chi connectivity index (χ4v) is 2.33. The second-order valence-electron chi connectivity index (χ2n) is 6.17. The van der Waals surface area contributed by atoms with Gasteiger partial charge < -0.3 is 10.4 Å². The molecule has 0 heterocycles. The van der Waals surface area contributed by atoms with E-state index in [0.717, 1.165) is 25.9 Å². The van der Waals surface area contributed by atoms with E-state index in [2.05, 4.69) is 17.1 Å². The first kappa shape index (κ1) is 19.9. The first-order chi connectivity index (χ1) is 9.72. The Labute approximate surface area is 129 Å². The maximum absolute atomic E-state index is 12.5. The van der Waals surface area contributed by atoms with Crippen LogP contribution in [0.3, 0.4) is 0 Å². The third kappa shape index (κ3) is 5.65. The molecule has 124 valence electrons. The molecule has 21 heavy (non-hydrogen) atoms. The Kier molecular flexibility index (Phi) is 8.55. The molecule has 0 fully saturated rings. The molecule has 0 spiro atoms. The van der Waals surface area contributed by atoms with Crippen molar-refractivity contribution in [2.75, 3.05) is 13.1 Å². The molecule has 2 unspecified atom stereocenters. The first-order valence-corrected chi connectivity index (χ1v) is 8.01. The lowest BCUT2D eigenvalue weighted by atomic mass is 9.95. The Morgan fingerprint density at radius 3 is 2.19 bits per heavy atom. The van der Waals surface area contributed by atoms with Crippen molar-refractivity contribution in [2.24, 2.45) is 5.92 Å². The number of unbranched alkanes of at least 4 members (excludes halogenated alkanes) is 1. The number of likely N-dealkylation sites (N-methyl/N-ethyl adjacent to an activating group) is 1. The molecular weight excluding hydrogens is 268 g/mol. The Balaban J connectivity index is 4.97. The van der Waals surface area contributed by atoms with Crippen LogP contribution in [0.15, 0.2) is 0 Å². The van der Waals surface area contributed by atoms with Crippen molar-refractivity contribution in [2.45, 2.75) is 72.4 Å². The molecule has 0 aromatic heterocycles. The highest BCUT2D eigenvalue weighted by atomic mass is 16.4. The molecule has 0 saturated carbocycles. The summed E-state index contributed by atoms with van der Waals surface area (Å²) >= 11 is 0. The summed E-state index contributed by atoms with van der Waals surface area (Å²) in [7, 11) is 0. The van der Waals surface area contributed by atoms with E-state index in [9.17, 15) is 14.7 Å². The van der Waals surface area contributed by atoms with Crippen LogP contribution in [0.5, 0.6) is 0 Å². The summed E-state index contributed by atoms with van der Waals surface area (Å²) in [5.41, 5.74) is -0.703. The molecule has 0 aliphatic rings. The molecule has 0 bridgehead atoms. The average molecular weight is 300 g/mol. The molecule has 0 aliphatic carbocycles. The highest BCUT2D eigenvalue weighted by Crippen LogP contribution is 2.17. The molecule has 0 aromatic rings. The van der Waals surface area contributed by atoms with Crippen molar-refractivity contribution in [1.29, 1.82) is 0 Å². The highest BCUT2D eigenvalue weighted by molar-refractivity contribution is 5.89. The van der Waals surface area contributed by atoms with Gasteiger partial charge in [-0.1, -0.05) is 40.5 Å². The fourth-order valence-electron chi connectivity index (χ4n) is 2.33. The summed E-state index contributed by atoms with van der Waals surface area (Å²) in [6.45, 7) is 13.2. The Hall–Kier alpha value is -1.10. The predicted octanol–water partition coefficient (Wildman–Crippen LogP) is 2.50. The second kappa shape index (κ2) is 9.03. The maximum atomic E-state index is 12.5. The Bertz CT molecular complexity index is 342. The van der Waals surface area contributed by atoms with Gasteiger partial charge in [-0.25, -0.2) is 4.79 Å². The topological polar surface area (TPSA) is 69.6 Å². The predicted molar refractivity (Wildman–Crippen MR) is 85.3 cm³/mol. The largest absolute Gasteiger partial charge is 0.480 e. The van der Waals surface area contributed by atoms with Gasteiger partial charge in [0.15, 0.2) is 0 Å². The molecule has 0 aliphatic heterocycles. The Morgan fingerprint density at radius 2 is 1.81 bits per heavy atom. The minimum atomic E-state index is -0.967. The van der Waals surface area contributed by atoms with Crippen molar-refractivity contribution >= 4 is 11.9 Å². The van der Waals surface area contributed by atoms with Gasteiger partial charge in [0.2, 0.25) is 5.91 Å². The van der Waals surface area contributed by atoms with Crippen LogP contribution in [0.25, 0.3) is 0 Å². The zero-order chi connectivity index (χ0) is 16.6. The fraction of sp³-hybridized carbons (Fsp3) is 0.875. The molecule has 0 aromatic carbocycles. The zero-order valence-electron chi connectivity index (χ0n) is 14.4. The van der Waals surface area contributed by atoms with Crippen LogP contribution in [0.1, 0.15) is 60.8 Å².